The van der Waals surface area contributed by atoms with Crippen LogP contribution in [-0.2, 0) is 9.47 Å². The molecular formula is C15H24FNO3. The quantitative estimate of drug-likeness (QED) is 0.645. The van der Waals surface area contributed by atoms with E-state index in [2.05, 4.69) is 5.32 Å². The van der Waals surface area contributed by atoms with Crippen LogP contribution in [-0.4, -0.2) is 44.2 Å². The van der Waals surface area contributed by atoms with Gasteiger partial charge in [-0.15, -0.1) is 0 Å². The Morgan fingerprint density at radius 1 is 1.25 bits per heavy atom. The number of ether oxygens (including phenoxy) is 2. The Kier molecular flexibility index (Phi) is 8.37. The van der Waals surface area contributed by atoms with Gasteiger partial charge in [-0.25, -0.2) is 4.39 Å². The number of hydrogen-bond acceptors (Lipinski definition) is 4. The first-order chi connectivity index (χ1) is 9.65. The highest BCUT2D eigenvalue weighted by molar-refractivity contribution is 5.20. The van der Waals surface area contributed by atoms with Gasteiger partial charge in [0.2, 0.25) is 0 Å². The lowest BCUT2D eigenvalue weighted by Gasteiger charge is -2.18. The average Bonchev–Trinajstić information content (AvgIpc) is 2.45. The smallest absolute Gasteiger partial charge is 0.127 e. The second-order valence-electron chi connectivity index (χ2n) is 4.58. The van der Waals surface area contributed by atoms with Crippen molar-refractivity contribution in [3.05, 3.63) is 35.6 Å². The molecule has 0 aliphatic rings. The number of aliphatic hydroxyl groups excluding tert-OH is 1. The van der Waals surface area contributed by atoms with Gasteiger partial charge < -0.3 is 19.9 Å². The van der Waals surface area contributed by atoms with Crippen LogP contribution in [0.1, 0.15) is 25.5 Å². The first-order valence-corrected chi connectivity index (χ1v) is 6.96. The zero-order valence-corrected chi connectivity index (χ0v) is 12.1. The van der Waals surface area contributed by atoms with Crippen molar-refractivity contribution in [1.82, 2.24) is 5.32 Å². The number of benzene rings is 1. The maximum Gasteiger partial charge on any atom is 0.127 e. The molecule has 1 aromatic carbocycles. The molecule has 2 N–H and O–H groups in total. The van der Waals surface area contributed by atoms with E-state index in [1.807, 2.05) is 13.8 Å². The van der Waals surface area contributed by atoms with E-state index in [0.717, 1.165) is 0 Å². The fourth-order valence-corrected chi connectivity index (χ4v) is 1.79. The lowest BCUT2D eigenvalue weighted by molar-refractivity contribution is 0.00583. The number of rotatable bonds is 10. The molecule has 1 rings (SSSR count). The Bertz CT molecular complexity index is 376. The van der Waals surface area contributed by atoms with E-state index in [1.165, 1.54) is 6.07 Å². The summed E-state index contributed by atoms with van der Waals surface area (Å²) >= 11 is 0. The van der Waals surface area contributed by atoms with E-state index in [0.29, 0.717) is 31.9 Å². The van der Waals surface area contributed by atoms with Crippen LogP contribution in [0.5, 0.6) is 0 Å². The van der Waals surface area contributed by atoms with Crippen molar-refractivity contribution in [2.45, 2.75) is 26.0 Å². The Morgan fingerprint density at radius 2 is 1.95 bits per heavy atom. The average molecular weight is 285 g/mol. The van der Waals surface area contributed by atoms with Gasteiger partial charge in [0, 0.05) is 24.8 Å². The van der Waals surface area contributed by atoms with Gasteiger partial charge in [-0.3, -0.25) is 0 Å². The van der Waals surface area contributed by atoms with Gasteiger partial charge in [-0.1, -0.05) is 18.2 Å². The van der Waals surface area contributed by atoms with Crippen LogP contribution in [0.15, 0.2) is 24.3 Å². The molecule has 0 aromatic heterocycles. The minimum absolute atomic E-state index is 0.158. The zero-order valence-electron chi connectivity index (χ0n) is 12.1. The zero-order chi connectivity index (χ0) is 14.8. The number of nitrogens with one attached hydrogen (secondary N) is 1. The van der Waals surface area contributed by atoms with E-state index >= 15 is 0 Å². The molecule has 4 nitrogen and oxygen atoms in total. The summed E-state index contributed by atoms with van der Waals surface area (Å²) in [6, 6.07) is 6.46. The Morgan fingerprint density at radius 3 is 2.65 bits per heavy atom. The third-order valence-corrected chi connectivity index (χ3v) is 2.92. The van der Waals surface area contributed by atoms with E-state index in [-0.39, 0.29) is 18.5 Å². The predicted octanol–water partition coefficient (Wildman–Crippen LogP) is 1.89. The van der Waals surface area contributed by atoms with Crippen molar-refractivity contribution < 1.29 is 19.0 Å². The van der Waals surface area contributed by atoms with E-state index in [9.17, 15) is 9.50 Å². The lowest BCUT2D eigenvalue weighted by Crippen LogP contribution is -2.32. The van der Waals surface area contributed by atoms with Crippen LogP contribution in [0.25, 0.3) is 0 Å². The summed E-state index contributed by atoms with van der Waals surface area (Å²) in [5.74, 6) is -0.241. The van der Waals surface area contributed by atoms with Crippen molar-refractivity contribution >= 4 is 0 Å². The molecule has 0 saturated carbocycles. The van der Waals surface area contributed by atoms with Crippen molar-refractivity contribution in [2.24, 2.45) is 0 Å². The lowest BCUT2D eigenvalue weighted by atomic mass is 10.1. The van der Waals surface area contributed by atoms with Crippen LogP contribution in [0.3, 0.4) is 0 Å². The molecule has 0 spiro atoms. The summed E-state index contributed by atoms with van der Waals surface area (Å²) in [6.07, 6.45) is -0.620. The number of halogens is 1. The predicted molar refractivity (Wildman–Crippen MR) is 76.1 cm³/mol. The minimum atomic E-state index is -0.620. The molecule has 0 bridgehead atoms. The van der Waals surface area contributed by atoms with Crippen LogP contribution in [0.4, 0.5) is 4.39 Å². The molecule has 2 atom stereocenters. The molecule has 0 heterocycles. The summed E-state index contributed by atoms with van der Waals surface area (Å²) in [7, 11) is 0. The molecule has 0 amide bonds. The summed E-state index contributed by atoms with van der Waals surface area (Å²) in [6.45, 7) is 6.03. The summed E-state index contributed by atoms with van der Waals surface area (Å²) < 4.78 is 23.9. The SMILES string of the molecule is CCOCCOCC(O)CN[C@H](C)c1ccccc1F. The van der Waals surface area contributed by atoms with Crippen molar-refractivity contribution in [2.75, 3.05) is 33.0 Å². The molecule has 0 radical (unpaired) electrons. The van der Waals surface area contributed by atoms with Gasteiger partial charge in [0.05, 0.1) is 25.9 Å². The molecule has 0 aliphatic carbocycles. The standard InChI is InChI=1S/C15H24FNO3/c1-3-19-8-9-20-11-13(18)10-17-12(2)14-6-4-5-7-15(14)16/h4-7,12-13,17-18H,3,8-11H2,1-2H3/t12-,13?/m1/s1. The highest BCUT2D eigenvalue weighted by atomic mass is 19.1. The maximum absolute atomic E-state index is 13.5. The first-order valence-electron chi connectivity index (χ1n) is 6.96. The normalized spacial score (nSPS) is 14.2. The molecule has 20 heavy (non-hydrogen) atoms. The highest BCUT2D eigenvalue weighted by Crippen LogP contribution is 2.15. The second-order valence-corrected chi connectivity index (χ2v) is 4.58. The maximum atomic E-state index is 13.5. The molecule has 0 aliphatic heterocycles. The Labute approximate surface area is 119 Å². The minimum Gasteiger partial charge on any atom is -0.389 e. The first kappa shape index (κ1) is 17.0. The molecule has 1 unspecified atom stereocenters. The van der Waals surface area contributed by atoms with E-state index < -0.39 is 6.10 Å². The van der Waals surface area contributed by atoms with Crippen molar-refractivity contribution in [3.63, 3.8) is 0 Å². The van der Waals surface area contributed by atoms with Crippen LogP contribution in [0, 0.1) is 5.82 Å². The molecule has 1 aromatic rings. The topological polar surface area (TPSA) is 50.7 Å². The largest absolute Gasteiger partial charge is 0.389 e. The van der Waals surface area contributed by atoms with Crippen LogP contribution < -0.4 is 5.32 Å². The van der Waals surface area contributed by atoms with E-state index in [4.69, 9.17) is 9.47 Å². The molecule has 5 heteroatoms. The van der Waals surface area contributed by atoms with Crippen molar-refractivity contribution in [1.29, 1.82) is 0 Å². The third kappa shape index (κ3) is 6.43. The fourth-order valence-electron chi connectivity index (χ4n) is 1.79. The molecule has 0 saturated heterocycles. The van der Waals surface area contributed by atoms with Crippen molar-refractivity contribution in [3.8, 4) is 0 Å². The second kappa shape index (κ2) is 9.83. The van der Waals surface area contributed by atoms with Gasteiger partial charge in [0.1, 0.15) is 5.82 Å². The summed E-state index contributed by atoms with van der Waals surface area (Å²) in [4.78, 5) is 0. The van der Waals surface area contributed by atoms with E-state index in [1.54, 1.807) is 18.2 Å². The summed E-state index contributed by atoms with van der Waals surface area (Å²) in [5.41, 5.74) is 0.594. The van der Waals surface area contributed by atoms with Gasteiger partial charge >= 0.3 is 0 Å². The molecular weight excluding hydrogens is 261 g/mol. The monoisotopic (exact) mass is 285 g/mol. The number of hydrogen-bond donors (Lipinski definition) is 2. The van der Waals surface area contributed by atoms with Crippen LogP contribution >= 0.6 is 0 Å². The fraction of sp³-hybridized carbons (Fsp3) is 0.600. The van der Waals surface area contributed by atoms with Gasteiger partial charge in [0.15, 0.2) is 0 Å². The Hall–Kier alpha value is -1.01. The van der Waals surface area contributed by atoms with Gasteiger partial charge in [-0.05, 0) is 19.9 Å². The third-order valence-electron chi connectivity index (χ3n) is 2.92. The van der Waals surface area contributed by atoms with Crippen LogP contribution in [0.2, 0.25) is 0 Å². The van der Waals surface area contributed by atoms with Gasteiger partial charge in [-0.2, -0.15) is 0 Å². The highest BCUT2D eigenvalue weighted by Gasteiger charge is 2.11. The summed E-state index contributed by atoms with van der Waals surface area (Å²) in [5, 5.41) is 12.8. The Balaban J connectivity index is 2.20. The molecule has 114 valence electrons. The number of aliphatic hydroxyl groups is 1. The molecule has 0 fully saturated rings. The van der Waals surface area contributed by atoms with Gasteiger partial charge in [0.25, 0.3) is 0 Å².